The van der Waals surface area contributed by atoms with Crippen molar-refractivity contribution in [2.24, 2.45) is 0 Å². The second kappa shape index (κ2) is 29.4. The number of nitrogens with zero attached hydrogens (tertiary/aromatic N) is 6. The molecule has 4 aromatic heterocycles. The maximum atomic E-state index is 12.2. The molecule has 0 saturated heterocycles. The molecule has 0 fully saturated rings. The van der Waals surface area contributed by atoms with Crippen molar-refractivity contribution in [1.29, 1.82) is 0 Å². The fourth-order valence-corrected chi connectivity index (χ4v) is 6.22. The molecule has 4 aromatic rings. The van der Waals surface area contributed by atoms with E-state index in [4.69, 9.17) is 20.4 Å². The Hall–Kier alpha value is -8.12. The first-order valence-corrected chi connectivity index (χ1v) is 21.0. The topological polar surface area (TPSA) is 364 Å². The van der Waals surface area contributed by atoms with Crippen molar-refractivity contribution in [1.82, 2.24) is 51.0 Å². The molecule has 0 saturated carbocycles. The molecule has 0 aliphatic carbocycles. The monoisotopic (exact) mass is 946 g/mol. The molecule has 4 rings (SSSR count). The average molecular weight is 947 g/mol. The highest BCUT2D eigenvalue weighted by Gasteiger charge is 2.27. The Bertz CT molecular complexity index is 1990. The molecule has 68 heavy (non-hydrogen) atoms. The first-order valence-electron chi connectivity index (χ1n) is 21.0. The minimum absolute atomic E-state index is 0.0231. The lowest BCUT2D eigenvalue weighted by Crippen LogP contribution is -2.51. The van der Waals surface area contributed by atoms with Crippen LogP contribution in [0.25, 0.3) is 0 Å². The molecule has 0 radical (unpaired) electrons. The van der Waals surface area contributed by atoms with Crippen LogP contribution in [0, 0.1) is 0 Å². The van der Waals surface area contributed by atoms with E-state index in [-0.39, 0.29) is 38.8 Å². The molecule has 24 heteroatoms. The standard InChI is InChI=1S/2C22H27N5O7/c2*28-19(29)8-7-17(20(30)31)25-22(34)26-18(21(32)33)9-12-27(13-15-5-1-3-10-23-15)14-16-6-2-4-11-24-16/h2*1-6,10-11,17-18H,7-9,12-14H2,(H,28,29)(H,30,31)(H,32,33)(H2,25,26,34). The third-order valence-electron chi connectivity index (χ3n) is 9.62. The van der Waals surface area contributed by atoms with Crippen molar-refractivity contribution < 1.29 is 69.0 Å². The molecule has 10 N–H and O–H groups in total. The number of hydrogen-bond acceptors (Lipinski definition) is 14. The van der Waals surface area contributed by atoms with Crippen molar-refractivity contribution in [2.75, 3.05) is 13.1 Å². The van der Waals surface area contributed by atoms with E-state index in [1.54, 1.807) is 49.1 Å². The number of amides is 4. The van der Waals surface area contributed by atoms with E-state index in [1.165, 1.54) is 0 Å². The maximum absolute atomic E-state index is 12.2. The molecule has 4 atom stereocenters. The first kappa shape index (κ1) is 54.2. The van der Waals surface area contributed by atoms with E-state index in [9.17, 15) is 48.6 Å². The van der Waals surface area contributed by atoms with Crippen molar-refractivity contribution in [3.8, 4) is 0 Å². The van der Waals surface area contributed by atoms with Crippen LogP contribution in [-0.4, -0.2) is 146 Å². The van der Waals surface area contributed by atoms with Gasteiger partial charge in [0.05, 0.1) is 22.8 Å². The van der Waals surface area contributed by atoms with Crippen LogP contribution in [0.1, 0.15) is 61.3 Å². The van der Waals surface area contributed by atoms with Gasteiger partial charge in [-0.25, -0.2) is 28.8 Å². The summed E-state index contributed by atoms with van der Waals surface area (Å²) in [4.78, 5) is 113. The lowest BCUT2D eigenvalue weighted by molar-refractivity contribution is -0.142. The largest absolute Gasteiger partial charge is 0.481 e. The van der Waals surface area contributed by atoms with Crippen LogP contribution in [0.2, 0.25) is 0 Å². The number of hydrogen-bond donors (Lipinski definition) is 10. The number of pyridine rings is 4. The van der Waals surface area contributed by atoms with Gasteiger partial charge >= 0.3 is 47.9 Å². The zero-order valence-corrected chi connectivity index (χ0v) is 36.7. The molecule has 4 heterocycles. The summed E-state index contributed by atoms with van der Waals surface area (Å²) in [6, 6.07) is 14.4. The molecule has 0 bridgehead atoms. The highest BCUT2D eigenvalue weighted by atomic mass is 16.4. The van der Waals surface area contributed by atoms with Crippen LogP contribution in [0.4, 0.5) is 9.59 Å². The van der Waals surface area contributed by atoms with Gasteiger partial charge in [-0.2, -0.15) is 0 Å². The summed E-state index contributed by atoms with van der Waals surface area (Å²) >= 11 is 0. The predicted octanol–water partition coefficient (Wildman–Crippen LogP) is 1.88. The van der Waals surface area contributed by atoms with Crippen molar-refractivity contribution in [3.63, 3.8) is 0 Å². The number of nitrogens with one attached hydrogen (secondary N) is 4. The van der Waals surface area contributed by atoms with Gasteiger partial charge in [0.25, 0.3) is 0 Å². The molecular weight excluding hydrogens is 893 g/mol. The van der Waals surface area contributed by atoms with Gasteiger partial charge < -0.3 is 51.9 Å². The maximum Gasteiger partial charge on any atom is 0.326 e. The zero-order valence-electron chi connectivity index (χ0n) is 36.7. The summed E-state index contributed by atoms with van der Waals surface area (Å²) in [5.74, 6) is -7.83. The summed E-state index contributed by atoms with van der Waals surface area (Å²) in [6.45, 7) is 2.23. The van der Waals surface area contributed by atoms with Crippen LogP contribution >= 0.6 is 0 Å². The summed E-state index contributed by atoms with van der Waals surface area (Å²) in [5, 5.41) is 63.6. The smallest absolute Gasteiger partial charge is 0.326 e. The number of carboxylic acids is 6. The van der Waals surface area contributed by atoms with Crippen LogP contribution < -0.4 is 21.3 Å². The van der Waals surface area contributed by atoms with Crippen molar-refractivity contribution >= 4 is 47.9 Å². The molecule has 364 valence electrons. The van der Waals surface area contributed by atoms with Gasteiger partial charge in [0, 0.05) is 76.9 Å². The van der Waals surface area contributed by atoms with Crippen molar-refractivity contribution in [2.45, 2.75) is 88.9 Å². The van der Waals surface area contributed by atoms with Gasteiger partial charge in [0.1, 0.15) is 24.2 Å². The Morgan fingerprint density at radius 3 is 0.853 bits per heavy atom. The Morgan fingerprint density at radius 2 is 0.647 bits per heavy atom. The number of aliphatic carboxylic acids is 6. The second-order valence-electron chi connectivity index (χ2n) is 14.9. The molecule has 0 spiro atoms. The molecular formula is C44H54N10O14. The Kier molecular flexibility index (Phi) is 23.5. The van der Waals surface area contributed by atoms with E-state index < -0.39 is 84.9 Å². The summed E-state index contributed by atoms with van der Waals surface area (Å²) in [6.07, 6.45) is 5.07. The predicted molar refractivity (Wildman–Crippen MR) is 237 cm³/mol. The second-order valence-corrected chi connectivity index (χ2v) is 14.9. The molecule has 4 amide bonds. The third-order valence-corrected chi connectivity index (χ3v) is 9.62. The van der Waals surface area contributed by atoms with Gasteiger partial charge in [-0.1, -0.05) is 24.3 Å². The zero-order chi connectivity index (χ0) is 49.8. The van der Waals surface area contributed by atoms with E-state index in [2.05, 4.69) is 41.2 Å². The fraction of sp³-hybridized carbons (Fsp3) is 0.364. The number of rotatable bonds is 28. The molecule has 0 aromatic carbocycles. The van der Waals surface area contributed by atoms with Crippen LogP contribution in [0.15, 0.2) is 97.6 Å². The highest BCUT2D eigenvalue weighted by molar-refractivity contribution is 5.87. The summed E-state index contributed by atoms with van der Waals surface area (Å²) in [5.41, 5.74) is 3.11. The minimum atomic E-state index is -1.46. The minimum Gasteiger partial charge on any atom is -0.481 e. The van der Waals surface area contributed by atoms with Crippen LogP contribution in [0.3, 0.4) is 0 Å². The fourth-order valence-electron chi connectivity index (χ4n) is 6.22. The average Bonchev–Trinajstić information content (AvgIpc) is 3.30. The lowest BCUT2D eigenvalue weighted by atomic mass is 10.1. The van der Waals surface area contributed by atoms with E-state index >= 15 is 0 Å². The Morgan fingerprint density at radius 1 is 0.397 bits per heavy atom. The Balaban J connectivity index is 0.000000360. The van der Waals surface area contributed by atoms with Gasteiger partial charge in [0.2, 0.25) is 0 Å². The van der Waals surface area contributed by atoms with Gasteiger partial charge in [0.15, 0.2) is 0 Å². The number of carbonyl (C=O) groups excluding carboxylic acids is 2. The van der Waals surface area contributed by atoms with Gasteiger partial charge in [-0.05, 0) is 74.2 Å². The first-order chi connectivity index (χ1) is 32.5. The quantitative estimate of drug-likeness (QED) is 0.0388. The number of urea groups is 2. The number of carbonyl (C=O) groups is 8. The number of aromatic nitrogens is 4. The SMILES string of the molecule is O=C(O)CCC(NC(=O)NC(CCN(Cc1ccccn1)Cc1ccccn1)C(=O)O)C(=O)O.O=C(O)CCC(NC(=O)NC(CCN(Cc1ccccn1)Cc1ccccn1)C(=O)O)C(=O)O. The van der Waals surface area contributed by atoms with E-state index in [0.717, 1.165) is 22.8 Å². The van der Waals surface area contributed by atoms with Crippen molar-refractivity contribution in [3.05, 3.63) is 120 Å². The summed E-state index contributed by atoms with van der Waals surface area (Å²) < 4.78 is 0. The number of carboxylic acid groups (broad SMARTS) is 6. The summed E-state index contributed by atoms with van der Waals surface area (Å²) in [7, 11) is 0. The molecule has 0 aliphatic heterocycles. The Labute approximate surface area is 389 Å². The van der Waals surface area contributed by atoms with Crippen LogP contribution in [-0.2, 0) is 54.9 Å². The van der Waals surface area contributed by atoms with Gasteiger partial charge in [-0.15, -0.1) is 0 Å². The van der Waals surface area contributed by atoms with Crippen LogP contribution in [0.5, 0.6) is 0 Å². The molecule has 0 aliphatic rings. The highest BCUT2D eigenvalue weighted by Crippen LogP contribution is 2.11. The van der Waals surface area contributed by atoms with E-state index in [0.29, 0.717) is 26.2 Å². The van der Waals surface area contributed by atoms with Gasteiger partial charge in [-0.3, -0.25) is 39.3 Å². The third kappa shape index (κ3) is 22.2. The lowest BCUT2D eigenvalue weighted by Gasteiger charge is -2.24. The molecule has 24 nitrogen and oxygen atoms in total. The normalized spacial score (nSPS) is 12.5. The van der Waals surface area contributed by atoms with E-state index in [1.807, 2.05) is 58.3 Å². The molecule has 4 unspecified atom stereocenters.